The number of carbonyl (C=O) groups is 2. The zero-order chi connectivity index (χ0) is 24.1. The van der Waals surface area contributed by atoms with Gasteiger partial charge in [0.2, 0.25) is 5.91 Å². The maximum Gasteiger partial charge on any atom is 0.253 e. The van der Waals surface area contributed by atoms with Crippen molar-refractivity contribution in [2.75, 3.05) is 11.1 Å². The fourth-order valence-corrected chi connectivity index (χ4v) is 4.42. The molecule has 0 saturated carbocycles. The van der Waals surface area contributed by atoms with Crippen molar-refractivity contribution in [3.05, 3.63) is 68.9 Å². The van der Waals surface area contributed by atoms with Gasteiger partial charge >= 0.3 is 0 Å². The number of halogens is 3. The molecule has 1 atom stereocenters. The molecule has 3 rings (SSSR count). The van der Waals surface area contributed by atoms with Crippen LogP contribution in [-0.2, 0) is 11.8 Å². The van der Waals surface area contributed by atoms with Crippen molar-refractivity contribution >= 4 is 64.1 Å². The molecule has 2 N–H and O–H groups in total. The van der Waals surface area contributed by atoms with Crippen molar-refractivity contribution in [2.45, 2.75) is 25.0 Å². The quantitative estimate of drug-likeness (QED) is 0.371. The highest BCUT2D eigenvalue weighted by molar-refractivity contribution is 7.99. The molecule has 174 valence electrons. The summed E-state index contributed by atoms with van der Waals surface area (Å²) in [7, 11) is 1.79. The molecule has 11 heteroatoms. The van der Waals surface area contributed by atoms with Crippen molar-refractivity contribution in [1.82, 2.24) is 20.1 Å². The highest BCUT2D eigenvalue weighted by Crippen LogP contribution is 2.27. The maximum absolute atomic E-state index is 12.8. The average molecular weight is 527 g/mol. The number of anilines is 1. The summed E-state index contributed by atoms with van der Waals surface area (Å²) in [6.45, 7) is 3.95. The third kappa shape index (κ3) is 6.41. The molecule has 7 nitrogen and oxygen atoms in total. The minimum absolute atomic E-state index is 0.0348. The lowest BCUT2D eigenvalue weighted by atomic mass is 10.0. The summed E-state index contributed by atoms with van der Waals surface area (Å²) >= 11 is 19.4. The van der Waals surface area contributed by atoms with Crippen molar-refractivity contribution < 1.29 is 9.59 Å². The minimum atomic E-state index is -0.401. The van der Waals surface area contributed by atoms with E-state index in [2.05, 4.69) is 20.8 Å². The van der Waals surface area contributed by atoms with E-state index in [1.54, 1.807) is 54.1 Å². The lowest BCUT2D eigenvalue weighted by Gasteiger charge is -2.22. The van der Waals surface area contributed by atoms with Crippen LogP contribution < -0.4 is 10.6 Å². The first-order chi connectivity index (χ1) is 15.7. The number of aromatic nitrogens is 3. The third-order valence-electron chi connectivity index (χ3n) is 4.76. The first-order valence-corrected chi connectivity index (χ1v) is 12.1. The van der Waals surface area contributed by atoms with Gasteiger partial charge in [-0.05, 0) is 36.2 Å². The van der Waals surface area contributed by atoms with Gasteiger partial charge < -0.3 is 15.2 Å². The highest BCUT2D eigenvalue weighted by atomic mass is 35.5. The van der Waals surface area contributed by atoms with Crippen LogP contribution in [0, 0.1) is 5.92 Å². The molecule has 0 unspecified atom stereocenters. The van der Waals surface area contributed by atoms with E-state index in [9.17, 15) is 9.59 Å². The van der Waals surface area contributed by atoms with E-state index >= 15 is 0 Å². The summed E-state index contributed by atoms with van der Waals surface area (Å²) < 4.78 is 1.77. The van der Waals surface area contributed by atoms with E-state index in [1.165, 1.54) is 11.8 Å². The number of hydrogen-bond acceptors (Lipinski definition) is 5. The Morgan fingerprint density at radius 1 is 1.06 bits per heavy atom. The third-order valence-corrected chi connectivity index (χ3v) is 6.65. The summed E-state index contributed by atoms with van der Waals surface area (Å²) in [5, 5.41) is 16.0. The molecule has 2 amide bonds. The van der Waals surface area contributed by atoms with Crippen molar-refractivity contribution in [1.29, 1.82) is 0 Å². The Morgan fingerprint density at radius 3 is 2.45 bits per heavy atom. The van der Waals surface area contributed by atoms with Crippen LogP contribution >= 0.6 is 46.6 Å². The standard InChI is InChI=1S/C22H22Cl3N5O2S/c1-12(2)19(27-21(32)14-6-4-5-7-15(14)24)20-28-29-22(30(20)3)33-11-18(31)26-17-9-8-13(23)10-16(17)25/h4-10,12,19H,11H2,1-3H3,(H,26,31)(H,27,32)/t19-/m0/s1. The first-order valence-electron chi connectivity index (χ1n) is 9.99. The Bertz CT molecular complexity index is 1170. The van der Waals surface area contributed by atoms with E-state index in [4.69, 9.17) is 34.8 Å². The average Bonchev–Trinajstić information content (AvgIpc) is 3.12. The van der Waals surface area contributed by atoms with Gasteiger partial charge in [-0.2, -0.15) is 0 Å². The Balaban J connectivity index is 1.68. The molecule has 0 aliphatic rings. The minimum Gasteiger partial charge on any atom is -0.342 e. The number of thioether (sulfide) groups is 1. The molecular formula is C22H22Cl3N5O2S. The van der Waals surface area contributed by atoms with Crippen molar-refractivity contribution in [2.24, 2.45) is 13.0 Å². The smallest absolute Gasteiger partial charge is 0.253 e. The van der Waals surface area contributed by atoms with Crippen LogP contribution in [0.25, 0.3) is 0 Å². The molecular weight excluding hydrogens is 505 g/mol. The highest BCUT2D eigenvalue weighted by Gasteiger charge is 2.26. The van der Waals surface area contributed by atoms with Gasteiger partial charge in [0.15, 0.2) is 11.0 Å². The van der Waals surface area contributed by atoms with E-state index in [0.29, 0.717) is 37.3 Å². The Kier molecular flexibility index (Phi) is 8.64. The summed E-state index contributed by atoms with van der Waals surface area (Å²) in [4.78, 5) is 25.1. The van der Waals surface area contributed by atoms with Gasteiger partial charge in [0.1, 0.15) is 0 Å². The van der Waals surface area contributed by atoms with Gasteiger partial charge in [0.05, 0.1) is 33.1 Å². The number of amides is 2. The SMILES string of the molecule is CC(C)[C@H](NC(=O)c1ccccc1Cl)c1nnc(SCC(=O)Nc2ccc(Cl)cc2Cl)n1C. The monoisotopic (exact) mass is 525 g/mol. The zero-order valence-corrected chi connectivity index (χ0v) is 21.2. The normalized spacial score (nSPS) is 12.0. The number of rotatable bonds is 8. The number of carbonyl (C=O) groups excluding carboxylic acids is 2. The summed E-state index contributed by atoms with van der Waals surface area (Å²) in [6.07, 6.45) is 0. The number of nitrogens with one attached hydrogen (secondary N) is 2. The van der Waals surface area contributed by atoms with Crippen LogP contribution in [0.3, 0.4) is 0 Å². The molecule has 0 fully saturated rings. The van der Waals surface area contributed by atoms with E-state index < -0.39 is 6.04 Å². The molecule has 0 bridgehead atoms. The van der Waals surface area contributed by atoms with Gasteiger partial charge in [-0.3, -0.25) is 9.59 Å². The maximum atomic E-state index is 12.8. The van der Waals surface area contributed by atoms with Gasteiger partial charge in [0.25, 0.3) is 5.91 Å². The molecule has 0 aliphatic carbocycles. The van der Waals surface area contributed by atoms with Crippen molar-refractivity contribution in [3.63, 3.8) is 0 Å². The van der Waals surface area contributed by atoms with Crippen LogP contribution in [0.4, 0.5) is 5.69 Å². The predicted octanol–water partition coefficient (Wildman–Crippen LogP) is 5.63. The second-order valence-corrected chi connectivity index (χ2v) is 9.73. The molecule has 0 saturated heterocycles. The topological polar surface area (TPSA) is 88.9 Å². The van der Waals surface area contributed by atoms with E-state index in [0.717, 1.165) is 0 Å². The van der Waals surface area contributed by atoms with Crippen molar-refractivity contribution in [3.8, 4) is 0 Å². The first kappa shape index (κ1) is 25.4. The molecule has 1 aromatic heterocycles. The second kappa shape index (κ2) is 11.2. The number of hydrogen-bond donors (Lipinski definition) is 2. The largest absolute Gasteiger partial charge is 0.342 e. The fraction of sp³-hybridized carbons (Fsp3) is 0.273. The zero-order valence-electron chi connectivity index (χ0n) is 18.1. The molecule has 0 spiro atoms. The Labute approximate surface area is 211 Å². The molecule has 0 radical (unpaired) electrons. The predicted molar refractivity (Wildman–Crippen MR) is 133 cm³/mol. The van der Waals surface area contributed by atoms with Gasteiger partial charge in [-0.1, -0.05) is 72.5 Å². The van der Waals surface area contributed by atoms with Gasteiger partial charge in [0, 0.05) is 12.1 Å². The molecule has 3 aromatic rings. The number of nitrogens with zero attached hydrogens (tertiary/aromatic N) is 3. The Morgan fingerprint density at radius 2 is 1.79 bits per heavy atom. The molecule has 2 aromatic carbocycles. The van der Waals surface area contributed by atoms with Gasteiger partial charge in [-0.15, -0.1) is 10.2 Å². The van der Waals surface area contributed by atoms with Crippen LogP contribution in [0.15, 0.2) is 47.6 Å². The van der Waals surface area contributed by atoms with E-state index in [1.807, 2.05) is 13.8 Å². The van der Waals surface area contributed by atoms with Crippen LogP contribution in [-0.4, -0.2) is 32.3 Å². The second-order valence-electron chi connectivity index (χ2n) is 7.54. The summed E-state index contributed by atoms with van der Waals surface area (Å²) in [5.74, 6) is 0.169. The lowest BCUT2D eigenvalue weighted by Crippen LogP contribution is -2.33. The lowest BCUT2D eigenvalue weighted by molar-refractivity contribution is -0.113. The van der Waals surface area contributed by atoms with Crippen LogP contribution in [0.5, 0.6) is 0 Å². The number of benzene rings is 2. The van der Waals surface area contributed by atoms with E-state index in [-0.39, 0.29) is 23.5 Å². The van der Waals surface area contributed by atoms with Gasteiger partial charge in [-0.25, -0.2) is 0 Å². The fourth-order valence-electron chi connectivity index (χ4n) is 3.02. The molecule has 1 heterocycles. The summed E-state index contributed by atoms with van der Waals surface area (Å²) in [5.41, 5.74) is 0.867. The van der Waals surface area contributed by atoms with Crippen LogP contribution in [0.1, 0.15) is 36.1 Å². The summed E-state index contributed by atoms with van der Waals surface area (Å²) in [6, 6.07) is 11.3. The Hall–Kier alpha value is -2.26. The molecule has 33 heavy (non-hydrogen) atoms. The van der Waals surface area contributed by atoms with Crippen LogP contribution in [0.2, 0.25) is 15.1 Å². The molecule has 0 aliphatic heterocycles.